The van der Waals surface area contributed by atoms with E-state index in [4.69, 9.17) is 10.8 Å². The van der Waals surface area contributed by atoms with E-state index in [1.54, 1.807) is 36.6 Å². The molecule has 1 aromatic carbocycles. The first-order valence-corrected chi connectivity index (χ1v) is 23.1. The number of aliphatic carboxylic acids is 2. The summed E-state index contributed by atoms with van der Waals surface area (Å²) in [5, 5.41) is 36.2. The number of nitrogens with two attached hydrogens (primary N) is 1. The summed E-state index contributed by atoms with van der Waals surface area (Å²) in [6.45, 7) is 4.64. The summed E-state index contributed by atoms with van der Waals surface area (Å²) >= 11 is 5.68. The fourth-order valence-electron chi connectivity index (χ4n) is 6.55. The van der Waals surface area contributed by atoms with Crippen molar-refractivity contribution in [2.75, 3.05) is 30.9 Å². The summed E-state index contributed by atoms with van der Waals surface area (Å²) in [6, 6.07) is -0.597. The molecule has 1 aromatic rings. The maximum absolute atomic E-state index is 13.9. The first kappa shape index (κ1) is 54.7. The number of rotatable bonds is 28. The molecule has 1 aliphatic rings. The number of thioether (sulfide) groups is 1. The predicted octanol–water partition coefficient (Wildman–Crippen LogP) is -1.57. The van der Waals surface area contributed by atoms with Gasteiger partial charge in [-0.3, -0.25) is 43.2 Å². The van der Waals surface area contributed by atoms with Crippen molar-refractivity contribution in [2.24, 2.45) is 5.73 Å². The Morgan fingerprint density at radius 1 is 0.719 bits per heavy atom. The molecule has 1 fully saturated rings. The van der Waals surface area contributed by atoms with Gasteiger partial charge in [-0.1, -0.05) is 30.3 Å². The van der Waals surface area contributed by atoms with Crippen LogP contribution >= 0.6 is 24.4 Å². The summed E-state index contributed by atoms with van der Waals surface area (Å²) in [7, 11) is 0. The lowest BCUT2D eigenvalue weighted by molar-refractivity contribution is -0.142. The van der Waals surface area contributed by atoms with Crippen molar-refractivity contribution < 1.29 is 58.2 Å². The molecule has 0 aliphatic carbocycles. The van der Waals surface area contributed by atoms with Crippen molar-refractivity contribution in [3.8, 4) is 0 Å². The Morgan fingerprint density at radius 2 is 1.30 bits per heavy atom. The number of nitrogens with zero attached hydrogens (tertiary/aromatic N) is 1. The number of hydrogen-bond donors (Lipinski definition) is 11. The number of carboxylic acids is 2. The molecule has 0 saturated carbocycles. The quantitative estimate of drug-likeness (QED) is 0.0335. The van der Waals surface area contributed by atoms with Crippen molar-refractivity contribution in [2.45, 2.75) is 127 Å². The molecule has 356 valence electrons. The Balaban J connectivity index is 2.16. The molecular weight excluding hydrogens is 875 g/mol. The van der Waals surface area contributed by atoms with E-state index in [2.05, 4.69) is 49.8 Å². The fraction of sp³-hybridized carbons (Fsp3) is 0.610. The van der Waals surface area contributed by atoms with Gasteiger partial charge in [-0.2, -0.15) is 24.4 Å². The van der Waals surface area contributed by atoms with Crippen LogP contribution in [0, 0.1) is 0 Å². The number of nitrogens with one attached hydrogen (secondary N) is 7. The van der Waals surface area contributed by atoms with Crippen LogP contribution in [0.3, 0.4) is 0 Å². The first-order valence-electron chi connectivity index (χ1n) is 21.0. The number of amides is 8. The van der Waals surface area contributed by atoms with Crippen molar-refractivity contribution in [1.29, 1.82) is 0 Å². The molecule has 1 heterocycles. The van der Waals surface area contributed by atoms with Gasteiger partial charge in [0.2, 0.25) is 47.3 Å². The first-order chi connectivity index (χ1) is 30.3. The molecule has 21 nitrogen and oxygen atoms in total. The van der Waals surface area contributed by atoms with Crippen LogP contribution < -0.4 is 43.0 Å². The van der Waals surface area contributed by atoms with Gasteiger partial charge in [-0.15, -0.1) is 0 Å². The molecule has 23 heteroatoms. The number of carboxylic acid groups (broad SMARTS) is 2. The average molecular weight is 938 g/mol. The molecule has 0 bridgehead atoms. The molecule has 8 amide bonds. The number of carbonyl (C=O) groups is 10. The lowest BCUT2D eigenvalue weighted by atomic mass is 10.0. The number of benzene rings is 1. The summed E-state index contributed by atoms with van der Waals surface area (Å²) in [6.07, 6.45) is 3.00. The van der Waals surface area contributed by atoms with E-state index >= 15 is 0 Å². The van der Waals surface area contributed by atoms with E-state index < -0.39 is 114 Å². The minimum atomic E-state index is -1.29. The van der Waals surface area contributed by atoms with Gasteiger partial charge in [-0.05, 0) is 83.4 Å². The lowest BCUT2D eigenvalue weighted by Crippen LogP contribution is -2.60. The van der Waals surface area contributed by atoms with Crippen LogP contribution in [-0.2, 0) is 54.4 Å². The minimum absolute atomic E-state index is 0.0137. The second-order valence-corrected chi connectivity index (χ2v) is 16.7. The molecule has 0 unspecified atom stereocenters. The Hall–Kier alpha value is -5.42. The van der Waals surface area contributed by atoms with E-state index in [-0.39, 0.29) is 44.4 Å². The highest BCUT2D eigenvalue weighted by molar-refractivity contribution is 7.98. The molecule has 64 heavy (non-hydrogen) atoms. The van der Waals surface area contributed by atoms with Crippen LogP contribution in [0.15, 0.2) is 30.3 Å². The van der Waals surface area contributed by atoms with Crippen LogP contribution in [0.4, 0.5) is 0 Å². The van der Waals surface area contributed by atoms with E-state index in [0.29, 0.717) is 37.1 Å². The predicted molar refractivity (Wildman–Crippen MR) is 240 cm³/mol. The van der Waals surface area contributed by atoms with Gasteiger partial charge in [-0.25, -0.2) is 4.79 Å². The fourth-order valence-corrected chi connectivity index (χ4v) is 7.28. The molecule has 2 rings (SSSR count). The second kappa shape index (κ2) is 28.4. The molecule has 0 spiro atoms. The zero-order valence-electron chi connectivity index (χ0n) is 36.6. The van der Waals surface area contributed by atoms with Crippen LogP contribution in [0.1, 0.15) is 77.7 Å². The number of hydrogen-bond acceptors (Lipinski definition) is 13. The Bertz CT molecular complexity index is 1790. The molecule has 0 radical (unpaired) electrons. The zero-order chi connectivity index (χ0) is 47.9. The Morgan fingerprint density at radius 3 is 1.89 bits per heavy atom. The van der Waals surface area contributed by atoms with E-state index in [9.17, 15) is 53.1 Å². The van der Waals surface area contributed by atoms with E-state index in [1.807, 2.05) is 0 Å². The molecule has 8 atom stereocenters. The Labute approximate surface area is 382 Å². The van der Waals surface area contributed by atoms with E-state index in [0.717, 1.165) is 0 Å². The van der Waals surface area contributed by atoms with Crippen molar-refractivity contribution in [3.63, 3.8) is 0 Å². The molecule has 11 N–H and O–H groups in total. The van der Waals surface area contributed by atoms with Crippen molar-refractivity contribution in [3.05, 3.63) is 35.9 Å². The smallest absolute Gasteiger partial charge is 0.326 e. The lowest BCUT2D eigenvalue weighted by Gasteiger charge is -2.29. The van der Waals surface area contributed by atoms with E-state index in [1.165, 1.54) is 37.4 Å². The largest absolute Gasteiger partial charge is 0.481 e. The highest BCUT2D eigenvalue weighted by Crippen LogP contribution is 2.19. The third-order valence-electron chi connectivity index (χ3n) is 10.2. The van der Waals surface area contributed by atoms with Crippen molar-refractivity contribution in [1.82, 2.24) is 42.1 Å². The third-order valence-corrected chi connectivity index (χ3v) is 11.2. The molecule has 1 saturated heterocycles. The zero-order valence-corrected chi connectivity index (χ0v) is 38.3. The van der Waals surface area contributed by atoms with Gasteiger partial charge in [0.05, 0.1) is 6.42 Å². The van der Waals surface area contributed by atoms with Gasteiger partial charge < -0.3 is 58.1 Å². The number of likely N-dealkylation sites (tertiary alicyclic amines) is 1. The normalized spacial score (nSPS) is 16.6. The maximum Gasteiger partial charge on any atom is 0.326 e. The van der Waals surface area contributed by atoms with Gasteiger partial charge in [0.25, 0.3) is 0 Å². The maximum atomic E-state index is 13.9. The van der Waals surface area contributed by atoms with Crippen molar-refractivity contribution >= 4 is 83.6 Å². The summed E-state index contributed by atoms with van der Waals surface area (Å²) in [4.78, 5) is 130. The van der Waals surface area contributed by atoms with Gasteiger partial charge in [0.1, 0.15) is 48.3 Å². The van der Waals surface area contributed by atoms with Gasteiger partial charge in [0.15, 0.2) is 0 Å². The average Bonchev–Trinajstić information content (AvgIpc) is 3.75. The summed E-state index contributed by atoms with van der Waals surface area (Å²) < 4.78 is 0. The molecule has 1 aliphatic heterocycles. The monoisotopic (exact) mass is 937 g/mol. The summed E-state index contributed by atoms with van der Waals surface area (Å²) in [5.41, 5.74) is 6.19. The number of thiol groups is 1. The SMILES string of the molecule is CSCC[C@H](NC(=O)[C@H](CS)NC(=O)[C@H](Cc1ccccc1)NC(=O)[C@@H]1CCCN1C(=O)[C@H](C)NC(=O)[C@H](C)NC(=O)[C@H](C)NC(=O)CCC(=O)O)C(=O)N[C@@H](CCCCN)C(=O)O. The topological polar surface area (TPSA) is 325 Å². The van der Waals surface area contributed by atoms with Gasteiger partial charge in [0, 0.05) is 25.1 Å². The number of carbonyl (C=O) groups excluding carboxylic acids is 8. The highest BCUT2D eigenvalue weighted by atomic mass is 32.2. The molecular formula is C41H63N9O12S2. The number of unbranched alkanes of at least 4 members (excludes halogenated alkanes) is 1. The molecule has 0 aromatic heterocycles. The highest BCUT2D eigenvalue weighted by Gasteiger charge is 2.39. The second-order valence-electron chi connectivity index (χ2n) is 15.4. The van der Waals surface area contributed by atoms with Crippen LogP contribution in [0.2, 0.25) is 0 Å². The standard InChI is InChI=1S/C41H63N9O12S2/c1-23(43-32(51)15-16-33(52)53)34(54)44-24(2)35(55)45-25(3)40(60)50-19-10-14-31(50)39(59)48-29(21-26-11-6-5-7-12-26)37(57)49-30(22-63)38(58)46-27(17-20-64-4)36(56)47-28(41(61)62)13-8-9-18-42/h5-7,11-12,23-25,27-31,63H,8-10,13-22,42H2,1-4H3,(H,43,51)(H,44,54)(H,45,55)(H,46,58)(H,47,56)(H,48,59)(H,49,57)(H,52,53)(H,61,62)/t23-,24-,25-,27-,28-,29-,30-,31-/m0/s1. The Kier molecular flexibility index (Phi) is 24.3. The van der Waals surface area contributed by atoms with Crippen LogP contribution in [-0.4, -0.2) is 153 Å². The minimum Gasteiger partial charge on any atom is -0.481 e. The van der Waals surface area contributed by atoms with Crippen LogP contribution in [0.25, 0.3) is 0 Å². The van der Waals surface area contributed by atoms with Gasteiger partial charge >= 0.3 is 11.9 Å². The summed E-state index contributed by atoms with van der Waals surface area (Å²) in [5.74, 6) is -7.82. The third kappa shape index (κ3) is 18.7. The van der Waals surface area contributed by atoms with Crippen LogP contribution in [0.5, 0.6) is 0 Å².